The Labute approximate surface area is 97.1 Å². The number of hydrogen-bond donors (Lipinski definition) is 2. The molecule has 0 spiro atoms. The summed E-state index contributed by atoms with van der Waals surface area (Å²) in [4.78, 5) is 4.26. The molecule has 4 nitrogen and oxygen atoms in total. The summed E-state index contributed by atoms with van der Waals surface area (Å²) in [5, 5.41) is 12.8. The SMILES string of the molecule is Cc1nc(CNCC(O)CC(C)C)oc1C. The zero-order chi connectivity index (χ0) is 12.1. The zero-order valence-corrected chi connectivity index (χ0v) is 10.6. The van der Waals surface area contributed by atoms with Crippen LogP contribution < -0.4 is 5.32 Å². The lowest BCUT2D eigenvalue weighted by atomic mass is 10.1. The number of aliphatic hydroxyl groups is 1. The highest BCUT2D eigenvalue weighted by molar-refractivity contribution is 5.05. The molecule has 4 heteroatoms. The van der Waals surface area contributed by atoms with E-state index in [2.05, 4.69) is 24.1 Å². The van der Waals surface area contributed by atoms with Crippen molar-refractivity contribution >= 4 is 0 Å². The molecule has 0 aliphatic rings. The maximum Gasteiger partial charge on any atom is 0.208 e. The Morgan fingerprint density at radius 3 is 2.56 bits per heavy atom. The minimum Gasteiger partial charge on any atom is -0.444 e. The van der Waals surface area contributed by atoms with Crippen LogP contribution in [-0.2, 0) is 6.54 Å². The summed E-state index contributed by atoms with van der Waals surface area (Å²) in [5.74, 6) is 2.06. The molecule has 0 saturated carbocycles. The van der Waals surface area contributed by atoms with Gasteiger partial charge < -0.3 is 14.8 Å². The molecule has 0 aromatic carbocycles. The summed E-state index contributed by atoms with van der Waals surface area (Å²) in [6.45, 7) is 9.19. The van der Waals surface area contributed by atoms with Crippen LogP contribution in [0.15, 0.2) is 4.42 Å². The summed E-state index contributed by atoms with van der Waals surface area (Å²) in [6, 6.07) is 0. The third-order valence-corrected chi connectivity index (χ3v) is 2.47. The molecule has 1 rings (SSSR count). The summed E-state index contributed by atoms with van der Waals surface area (Å²) < 4.78 is 5.42. The molecule has 16 heavy (non-hydrogen) atoms. The molecule has 0 radical (unpaired) electrons. The number of aryl methyl sites for hydroxylation is 2. The van der Waals surface area contributed by atoms with Gasteiger partial charge in [-0.3, -0.25) is 0 Å². The van der Waals surface area contributed by atoms with Crippen LogP contribution in [0.2, 0.25) is 0 Å². The third kappa shape index (κ3) is 4.33. The molecule has 1 aromatic rings. The molecule has 1 unspecified atom stereocenters. The molecule has 0 aliphatic carbocycles. The molecule has 1 aromatic heterocycles. The van der Waals surface area contributed by atoms with E-state index in [9.17, 15) is 5.11 Å². The Kier molecular flexibility index (Phi) is 4.96. The normalized spacial score (nSPS) is 13.4. The first-order chi connectivity index (χ1) is 7.49. The fraction of sp³-hybridized carbons (Fsp3) is 0.750. The lowest BCUT2D eigenvalue weighted by molar-refractivity contribution is 0.145. The number of oxazole rings is 1. The first-order valence-electron chi connectivity index (χ1n) is 5.80. The standard InChI is InChI=1S/C12H22N2O2/c1-8(2)5-11(15)6-13-7-12-14-9(3)10(4)16-12/h8,11,13,15H,5-7H2,1-4H3. The predicted molar refractivity (Wildman–Crippen MR) is 63.1 cm³/mol. The van der Waals surface area contributed by atoms with Gasteiger partial charge in [0.1, 0.15) is 5.76 Å². The first kappa shape index (κ1) is 13.2. The molecule has 0 fully saturated rings. The Morgan fingerprint density at radius 2 is 2.06 bits per heavy atom. The van der Waals surface area contributed by atoms with Crippen LogP contribution in [-0.4, -0.2) is 22.7 Å². The van der Waals surface area contributed by atoms with Crippen LogP contribution in [0.3, 0.4) is 0 Å². The predicted octanol–water partition coefficient (Wildman–Crippen LogP) is 1.79. The van der Waals surface area contributed by atoms with Gasteiger partial charge in [0.25, 0.3) is 0 Å². The highest BCUT2D eigenvalue weighted by Crippen LogP contribution is 2.08. The summed E-state index contributed by atoms with van der Waals surface area (Å²) in [5.41, 5.74) is 0.930. The summed E-state index contributed by atoms with van der Waals surface area (Å²) >= 11 is 0. The van der Waals surface area contributed by atoms with Crippen molar-refractivity contribution in [3.05, 3.63) is 17.3 Å². The maximum absolute atomic E-state index is 9.64. The molecule has 92 valence electrons. The number of nitrogens with zero attached hydrogens (tertiary/aromatic N) is 1. The second-order valence-electron chi connectivity index (χ2n) is 4.66. The highest BCUT2D eigenvalue weighted by atomic mass is 16.4. The van der Waals surface area contributed by atoms with E-state index in [0.29, 0.717) is 24.9 Å². The largest absolute Gasteiger partial charge is 0.444 e. The fourth-order valence-corrected chi connectivity index (χ4v) is 1.59. The van der Waals surface area contributed by atoms with Gasteiger partial charge in [0.05, 0.1) is 18.3 Å². The van der Waals surface area contributed by atoms with E-state index in [1.807, 2.05) is 13.8 Å². The molecule has 0 amide bonds. The average molecular weight is 226 g/mol. The van der Waals surface area contributed by atoms with Crippen LogP contribution in [0.4, 0.5) is 0 Å². The topological polar surface area (TPSA) is 58.3 Å². The van der Waals surface area contributed by atoms with E-state index in [1.165, 1.54) is 0 Å². The minimum absolute atomic E-state index is 0.294. The van der Waals surface area contributed by atoms with Crippen molar-refractivity contribution in [1.82, 2.24) is 10.3 Å². The molecule has 2 N–H and O–H groups in total. The monoisotopic (exact) mass is 226 g/mol. The second kappa shape index (κ2) is 6.01. The molecule has 1 heterocycles. The van der Waals surface area contributed by atoms with Gasteiger partial charge in [-0.1, -0.05) is 13.8 Å². The smallest absolute Gasteiger partial charge is 0.208 e. The zero-order valence-electron chi connectivity index (χ0n) is 10.6. The Hall–Kier alpha value is -0.870. The van der Waals surface area contributed by atoms with E-state index in [1.54, 1.807) is 0 Å². The number of hydrogen-bond acceptors (Lipinski definition) is 4. The van der Waals surface area contributed by atoms with Crippen molar-refractivity contribution in [2.45, 2.75) is 46.8 Å². The van der Waals surface area contributed by atoms with E-state index < -0.39 is 0 Å². The third-order valence-electron chi connectivity index (χ3n) is 2.47. The van der Waals surface area contributed by atoms with Gasteiger partial charge >= 0.3 is 0 Å². The van der Waals surface area contributed by atoms with Crippen molar-refractivity contribution in [2.24, 2.45) is 5.92 Å². The molecule has 0 saturated heterocycles. The van der Waals surface area contributed by atoms with Crippen molar-refractivity contribution in [1.29, 1.82) is 0 Å². The minimum atomic E-state index is -0.294. The number of rotatable bonds is 6. The van der Waals surface area contributed by atoms with Gasteiger partial charge in [-0.2, -0.15) is 0 Å². The van der Waals surface area contributed by atoms with E-state index >= 15 is 0 Å². The van der Waals surface area contributed by atoms with Crippen LogP contribution >= 0.6 is 0 Å². The summed E-state index contributed by atoms with van der Waals surface area (Å²) in [7, 11) is 0. The van der Waals surface area contributed by atoms with Crippen molar-refractivity contribution < 1.29 is 9.52 Å². The molecular formula is C12H22N2O2. The lowest BCUT2D eigenvalue weighted by Gasteiger charge is -2.12. The van der Waals surface area contributed by atoms with E-state index in [4.69, 9.17) is 4.42 Å². The summed E-state index contributed by atoms with van der Waals surface area (Å²) in [6.07, 6.45) is 0.522. The van der Waals surface area contributed by atoms with Gasteiger partial charge in [-0.05, 0) is 26.2 Å². The van der Waals surface area contributed by atoms with Crippen molar-refractivity contribution in [3.63, 3.8) is 0 Å². The highest BCUT2D eigenvalue weighted by Gasteiger charge is 2.08. The average Bonchev–Trinajstić information content (AvgIpc) is 2.44. The van der Waals surface area contributed by atoms with Gasteiger partial charge in [-0.15, -0.1) is 0 Å². The molecule has 0 bridgehead atoms. The Morgan fingerprint density at radius 1 is 1.38 bits per heavy atom. The number of nitrogens with one attached hydrogen (secondary N) is 1. The van der Waals surface area contributed by atoms with E-state index in [0.717, 1.165) is 17.9 Å². The first-order valence-corrected chi connectivity index (χ1v) is 5.80. The number of aliphatic hydroxyl groups excluding tert-OH is 1. The maximum atomic E-state index is 9.64. The quantitative estimate of drug-likeness (QED) is 0.776. The van der Waals surface area contributed by atoms with Gasteiger partial charge in [0, 0.05) is 6.54 Å². The molecule has 1 atom stereocenters. The van der Waals surface area contributed by atoms with Crippen LogP contribution in [0.1, 0.15) is 37.6 Å². The number of aromatic nitrogens is 1. The van der Waals surface area contributed by atoms with E-state index in [-0.39, 0.29) is 6.10 Å². The van der Waals surface area contributed by atoms with Gasteiger partial charge in [0.2, 0.25) is 5.89 Å². The van der Waals surface area contributed by atoms with Crippen molar-refractivity contribution in [2.75, 3.05) is 6.54 Å². The molecule has 0 aliphatic heterocycles. The Bertz CT molecular complexity index is 301. The van der Waals surface area contributed by atoms with Crippen molar-refractivity contribution in [3.8, 4) is 0 Å². The van der Waals surface area contributed by atoms with Crippen LogP contribution in [0.25, 0.3) is 0 Å². The van der Waals surface area contributed by atoms with Gasteiger partial charge in [0.15, 0.2) is 0 Å². The fourth-order valence-electron chi connectivity index (χ4n) is 1.59. The lowest BCUT2D eigenvalue weighted by Crippen LogP contribution is -2.27. The Balaban J connectivity index is 2.25. The molecular weight excluding hydrogens is 204 g/mol. The van der Waals surface area contributed by atoms with Crippen LogP contribution in [0.5, 0.6) is 0 Å². The van der Waals surface area contributed by atoms with Crippen LogP contribution in [0, 0.1) is 19.8 Å². The second-order valence-corrected chi connectivity index (χ2v) is 4.66. The van der Waals surface area contributed by atoms with Gasteiger partial charge in [-0.25, -0.2) is 4.98 Å².